The molecule has 0 spiro atoms. The molecule has 1 fully saturated rings. The van der Waals surface area contributed by atoms with Gasteiger partial charge in [-0.1, -0.05) is 0 Å². The highest BCUT2D eigenvalue weighted by atomic mass is 35.5. The third-order valence-electron chi connectivity index (χ3n) is 3.60. The van der Waals surface area contributed by atoms with Gasteiger partial charge in [0.05, 0.1) is 5.56 Å². The molecule has 0 amide bonds. The van der Waals surface area contributed by atoms with E-state index in [9.17, 15) is 13.2 Å². The maximum Gasteiger partial charge on any atom is 0.416 e. The summed E-state index contributed by atoms with van der Waals surface area (Å²) in [5.41, 5.74) is 6.05. The first-order chi connectivity index (χ1) is 8.38. The molecule has 0 bridgehead atoms. The second kappa shape index (κ2) is 6.01. The lowest BCUT2D eigenvalue weighted by atomic mass is 10.1. The molecular formula is C13H18ClF3N2. The fraction of sp³-hybridized carbons (Fsp3) is 0.538. The highest BCUT2D eigenvalue weighted by molar-refractivity contribution is 5.85. The summed E-state index contributed by atoms with van der Waals surface area (Å²) in [5, 5.41) is 0. The topological polar surface area (TPSA) is 29.3 Å². The monoisotopic (exact) mass is 294 g/mol. The molecule has 0 radical (unpaired) electrons. The first kappa shape index (κ1) is 16.1. The number of nitrogens with two attached hydrogens (primary N) is 1. The number of rotatable bonds is 2. The lowest BCUT2D eigenvalue weighted by Crippen LogP contribution is -2.30. The van der Waals surface area contributed by atoms with Crippen LogP contribution in [0.5, 0.6) is 0 Å². The molecule has 2 nitrogen and oxygen atoms in total. The lowest BCUT2D eigenvalue weighted by molar-refractivity contribution is -0.137. The lowest BCUT2D eigenvalue weighted by Gasteiger charge is -2.27. The van der Waals surface area contributed by atoms with Gasteiger partial charge in [0.15, 0.2) is 0 Å². The van der Waals surface area contributed by atoms with Crippen LogP contribution in [-0.4, -0.2) is 19.1 Å². The smallest absolute Gasteiger partial charge is 0.372 e. The minimum atomic E-state index is -4.27. The predicted octanol–water partition coefficient (Wildman–Crippen LogP) is 3.44. The van der Waals surface area contributed by atoms with Crippen LogP contribution >= 0.6 is 12.4 Å². The Kier molecular flexibility index (Phi) is 5.10. The number of alkyl halides is 3. The first-order valence-corrected chi connectivity index (χ1v) is 6.03. The molecule has 0 aromatic heterocycles. The molecule has 2 N–H and O–H groups in total. The number of anilines is 1. The summed E-state index contributed by atoms with van der Waals surface area (Å²) in [7, 11) is 1.91. The van der Waals surface area contributed by atoms with E-state index in [2.05, 4.69) is 0 Å². The molecule has 1 aliphatic rings. The number of hydrogen-bond donors (Lipinski definition) is 1. The number of hydrogen-bond acceptors (Lipinski definition) is 2. The molecule has 2 rings (SSSR count). The van der Waals surface area contributed by atoms with Gasteiger partial charge in [-0.05, 0) is 43.5 Å². The van der Waals surface area contributed by atoms with Crippen LogP contribution in [0.15, 0.2) is 24.3 Å². The van der Waals surface area contributed by atoms with E-state index >= 15 is 0 Å². The summed E-state index contributed by atoms with van der Waals surface area (Å²) in [5.74, 6) is 0. The third-order valence-corrected chi connectivity index (χ3v) is 3.60. The normalized spacial score (nSPS) is 23.0. The van der Waals surface area contributed by atoms with Crippen molar-refractivity contribution in [2.75, 3.05) is 11.9 Å². The molecule has 6 heteroatoms. The van der Waals surface area contributed by atoms with Gasteiger partial charge < -0.3 is 10.6 Å². The summed E-state index contributed by atoms with van der Waals surface area (Å²) < 4.78 is 37.3. The van der Waals surface area contributed by atoms with Crippen molar-refractivity contribution in [3.8, 4) is 0 Å². The zero-order valence-corrected chi connectivity index (χ0v) is 11.5. The molecule has 0 unspecified atom stereocenters. The number of nitrogens with zero attached hydrogens (tertiary/aromatic N) is 1. The maximum absolute atomic E-state index is 12.4. The molecule has 0 saturated heterocycles. The van der Waals surface area contributed by atoms with Gasteiger partial charge in [-0.25, -0.2) is 0 Å². The number of halogens is 4. The van der Waals surface area contributed by atoms with Gasteiger partial charge in [-0.15, -0.1) is 12.4 Å². The van der Waals surface area contributed by atoms with E-state index in [4.69, 9.17) is 5.73 Å². The Morgan fingerprint density at radius 2 is 1.74 bits per heavy atom. The molecule has 0 aliphatic heterocycles. The molecule has 2 atom stereocenters. The molecule has 1 saturated carbocycles. The van der Waals surface area contributed by atoms with Crippen molar-refractivity contribution in [1.82, 2.24) is 0 Å². The van der Waals surface area contributed by atoms with Crippen molar-refractivity contribution in [1.29, 1.82) is 0 Å². The van der Waals surface area contributed by atoms with Crippen LogP contribution in [-0.2, 0) is 6.18 Å². The van der Waals surface area contributed by atoms with Gasteiger partial charge in [0.1, 0.15) is 0 Å². The van der Waals surface area contributed by atoms with E-state index in [1.54, 1.807) is 0 Å². The predicted molar refractivity (Wildman–Crippen MR) is 72.7 cm³/mol. The molecule has 19 heavy (non-hydrogen) atoms. The van der Waals surface area contributed by atoms with E-state index < -0.39 is 11.7 Å². The van der Waals surface area contributed by atoms with Crippen molar-refractivity contribution < 1.29 is 13.2 Å². The van der Waals surface area contributed by atoms with E-state index in [-0.39, 0.29) is 18.4 Å². The van der Waals surface area contributed by atoms with Crippen LogP contribution in [0, 0.1) is 0 Å². The molecule has 1 aromatic rings. The van der Waals surface area contributed by atoms with Crippen molar-refractivity contribution >= 4 is 18.1 Å². The van der Waals surface area contributed by atoms with Crippen LogP contribution in [0.3, 0.4) is 0 Å². The third kappa shape index (κ3) is 3.76. The summed E-state index contributed by atoms with van der Waals surface area (Å²) >= 11 is 0. The van der Waals surface area contributed by atoms with Gasteiger partial charge in [-0.2, -0.15) is 13.2 Å². The molecule has 108 valence electrons. The van der Waals surface area contributed by atoms with Crippen molar-refractivity contribution in [3.05, 3.63) is 29.8 Å². The van der Waals surface area contributed by atoms with Crippen LogP contribution in [0.4, 0.5) is 18.9 Å². The molecule has 1 aromatic carbocycles. The maximum atomic E-state index is 12.4. The van der Waals surface area contributed by atoms with Crippen LogP contribution in [0.1, 0.15) is 24.8 Å². The average Bonchev–Trinajstić information content (AvgIpc) is 2.74. The zero-order chi connectivity index (χ0) is 13.3. The summed E-state index contributed by atoms with van der Waals surface area (Å²) in [6.07, 6.45) is -1.39. The molecular weight excluding hydrogens is 277 g/mol. The quantitative estimate of drug-likeness (QED) is 0.905. The highest BCUT2D eigenvalue weighted by Gasteiger charge is 2.30. The van der Waals surface area contributed by atoms with Crippen molar-refractivity contribution in [2.24, 2.45) is 5.73 Å². The fourth-order valence-corrected chi connectivity index (χ4v) is 2.44. The Morgan fingerprint density at radius 1 is 1.16 bits per heavy atom. The van der Waals surface area contributed by atoms with Gasteiger partial charge in [0, 0.05) is 24.8 Å². The van der Waals surface area contributed by atoms with Crippen molar-refractivity contribution in [2.45, 2.75) is 37.5 Å². The molecule has 1 aliphatic carbocycles. The summed E-state index contributed by atoms with van der Waals surface area (Å²) in [4.78, 5) is 2.02. The minimum Gasteiger partial charge on any atom is -0.372 e. The second-order valence-corrected chi connectivity index (χ2v) is 4.88. The Morgan fingerprint density at radius 3 is 2.16 bits per heavy atom. The molecule has 0 heterocycles. The Hall–Kier alpha value is -0.940. The highest BCUT2D eigenvalue weighted by Crippen LogP contribution is 2.32. The first-order valence-electron chi connectivity index (χ1n) is 6.03. The largest absolute Gasteiger partial charge is 0.416 e. The van der Waals surface area contributed by atoms with Gasteiger partial charge >= 0.3 is 6.18 Å². The Balaban J connectivity index is 0.00000180. The van der Waals surface area contributed by atoms with E-state index in [0.717, 1.165) is 37.1 Å². The Bertz CT molecular complexity index is 405. The standard InChI is InChI=1S/C13H17F3N2.ClH/c1-18(12-7-4-10(17)8-12)11-5-2-9(3-6-11)13(14,15)16;/h2-3,5-6,10,12H,4,7-8,17H2,1H3;1H/t10-,12-;/m1./s1. The van der Waals surface area contributed by atoms with Gasteiger partial charge in [-0.3, -0.25) is 0 Å². The fourth-order valence-electron chi connectivity index (χ4n) is 2.44. The SMILES string of the molecule is CN(c1ccc(C(F)(F)F)cc1)[C@@H]1CC[C@@H](N)C1.Cl. The Labute approximate surface area is 117 Å². The van der Waals surface area contributed by atoms with E-state index in [1.807, 2.05) is 11.9 Å². The van der Waals surface area contributed by atoms with E-state index in [0.29, 0.717) is 6.04 Å². The second-order valence-electron chi connectivity index (χ2n) is 4.88. The summed E-state index contributed by atoms with van der Waals surface area (Å²) in [6.45, 7) is 0. The van der Waals surface area contributed by atoms with Crippen LogP contribution < -0.4 is 10.6 Å². The van der Waals surface area contributed by atoms with Crippen LogP contribution in [0.25, 0.3) is 0 Å². The minimum absolute atomic E-state index is 0. The van der Waals surface area contributed by atoms with Gasteiger partial charge in [0.25, 0.3) is 0 Å². The van der Waals surface area contributed by atoms with E-state index in [1.165, 1.54) is 12.1 Å². The summed E-state index contributed by atoms with van der Waals surface area (Å²) in [6, 6.07) is 5.84. The van der Waals surface area contributed by atoms with Gasteiger partial charge in [0.2, 0.25) is 0 Å². The van der Waals surface area contributed by atoms with Crippen LogP contribution in [0.2, 0.25) is 0 Å². The zero-order valence-electron chi connectivity index (χ0n) is 10.7. The van der Waals surface area contributed by atoms with Crippen molar-refractivity contribution in [3.63, 3.8) is 0 Å². The number of benzene rings is 1. The average molecular weight is 295 g/mol.